The molecule has 6 nitrogen and oxygen atoms in total. The third-order valence-electron chi connectivity index (χ3n) is 3.66. The molecule has 0 fully saturated rings. The van der Waals surface area contributed by atoms with Crippen LogP contribution in [-0.4, -0.2) is 13.7 Å². The van der Waals surface area contributed by atoms with Gasteiger partial charge in [0.2, 0.25) is 0 Å². The standard InChI is InChI=1S/C17H16Br3N3O3/c1-3-9-21-14(24)22(10-4-2)16(26)23(15(21)25)11-12-7-5-6-8-13(12)17(18,19)20/h3-8H,1-2,9-11H2. The molecule has 0 saturated heterocycles. The molecule has 1 aromatic heterocycles. The van der Waals surface area contributed by atoms with E-state index in [2.05, 4.69) is 60.9 Å². The Balaban J connectivity index is 2.74. The molecule has 0 radical (unpaired) electrons. The van der Waals surface area contributed by atoms with E-state index in [4.69, 9.17) is 0 Å². The van der Waals surface area contributed by atoms with Crippen LogP contribution in [0.25, 0.3) is 0 Å². The molecule has 2 rings (SSSR count). The molecule has 0 amide bonds. The molecule has 0 atom stereocenters. The number of aromatic nitrogens is 3. The fourth-order valence-electron chi connectivity index (χ4n) is 2.49. The Hall–Kier alpha value is -1.45. The highest BCUT2D eigenvalue weighted by Crippen LogP contribution is 2.45. The maximum atomic E-state index is 12.7. The molecule has 0 bridgehead atoms. The van der Waals surface area contributed by atoms with Crippen molar-refractivity contribution in [3.05, 3.63) is 92.2 Å². The first-order valence-electron chi connectivity index (χ1n) is 7.53. The summed E-state index contributed by atoms with van der Waals surface area (Å²) in [5.41, 5.74) is -0.520. The summed E-state index contributed by atoms with van der Waals surface area (Å²) in [6, 6.07) is 7.31. The van der Waals surface area contributed by atoms with Crippen molar-refractivity contribution in [2.75, 3.05) is 0 Å². The molecule has 0 unspecified atom stereocenters. The molecule has 9 heteroatoms. The van der Waals surface area contributed by atoms with Crippen LogP contribution < -0.4 is 17.1 Å². The molecule has 2 aromatic rings. The second-order valence-electron chi connectivity index (χ2n) is 5.39. The van der Waals surface area contributed by atoms with E-state index in [1.165, 1.54) is 12.2 Å². The SMILES string of the molecule is C=CCn1c(=O)n(CC=C)c(=O)n(Cc2ccccc2C(Br)(Br)Br)c1=O. The van der Waals surface area contributed by atoms with Crippen LogP contribution in [0.2, 0.25) is 0 Å². The van der Waals surface area contributed by atoms with Gasteiger partial charge in [-0.15, -0.1) is 13.2 Å². The average Bonchev–Trinajstić information content (AvgIpc) is 2.59. The van der Waals surface area contributed by atoms with Crippen molar-refractivity contribution in [2.24, 2.45) is 0 Å². The highest BCUT2D eigenvalue weighted by atomic mass is 80.0. The van der Waals surface area contributed by atoms with Crippen LogP contribution in [0.15, 0.2) is 64.0 Å². The lowest BCUT2D eigenvalue weighted by molar-refractivity contribution is 0.498. The summed E-state index contributed by atoms with van der Waals surface area (Å²) >= 11 is 10.4. The Morgan fingerprint density at radius 1 is 0.846 bits per heavy atom. The molecule has 0 spiro atoms. The molecular formula is C17H16Br3N3O3. The molecule has 0 N–H and O–H groups in total. The van der Waals surface area contributed by atoms with Crippen molar-refractivity contribution in [1.82, 2.24) is 13.7 Å². The lowest BCUT2D eigenvalue weighted by Crippen LogP contribution is -2.54. The quantitative estimate of drug-likeness (QED) is 0.411. The van der Waals surface area contributed by atoms with Gasteiger partial charge in [-0.3, -0.25) is 0 Å². The van der Waals surface area contributed by atoms with Crippen LogP contribution in [0.4, 0.5) is 0 Å². The van der Waals surface area contributed by atoms with Gasteiger partial charge in [0.15, 0.2) is 2.14 Å². The number of alkyl halides is 3. The van der Waals surface area contributed by atoms with Gasteiger partial charge in [-0.1, -0.05) is 84.2 Å². The molecule has 1 aromatic carbocycles. The minimum Gasteiger partial charge on any atom is -0.247 e. The predicted octanol–water partition coefficient (Wildman–Crippen LogP) is 2.89. The molecule has 138 valence electrons. The van der Waals surface area contributed by atoms with Gasteiger partial charge < -0.3 is 0 Å². The van der Waals surface area contributed by atoms with E-state index in [0.717, 1.165) is 24.8 Å². The first-order valence-corrected chi connectivity index (χ1v) is 9.91. The van der Waals surface area contributed by atoms with Gasteiger partial charge in [0.05, 0.1) is 19.6 Å². The third kappa shape index (κ3) is 4.27. The summed E-state index contributed by atoms with van der Waals surface area (Å²) in [5.74, 6) is 0. The zero-order chi connectivity index (χ0) is 19.5. The summed E-state index contributed by atoms with van der Waals surface area (Å²) in [7, 11) is 0. The molecule has 0 saturated carbocycles. The van der Waals surface area contributed by atoms with Gasteiger partial charge in [0.25, 0.3) is 0 Å². The summed E-state index contributed by atoms with van der Waals surface area (Å²) in [4.78, 5) is 37.9. The Morgan fingerprint density at radius 2 is 1.31 bits per heavy atom. The van der Waals surface area contributed by atoms with Crippen molar-refractivity contribution < 1.29 is 0 Å². The maximum absolute atomic E-state index is 12.7. The van der Waals surface area contributed by atoms with Gasteiger partial charge in [0, 0.05) is 0 Å². The van der Waals surface area contributed by atoms with Crippen LogP contribution in [0, 0.1) is 0 Å². The second kappa shape index (κ2) is 8.49. The summed E-state index contributed by atoms with van der Waals surface area (Å²) in [6.07, 6.45) is 2.87. The van der Waals surface area contributed by atoms with Crippen LogP contribution in [-0.2, 0) is 21.8 Å². The predicted molar refractivity (Wildman–Crippen MR) is 114 cm³/mol. The zero-order valence-electron chi connectivity index (χ0n) is 13.7. The van der Waals surface area contributed by atoms with E-state index in [-0.39, 0.29) is 19.6 Å². The second-order valence-corrected chi connectivity index (χ2v) is 12.1. The largest absolute Gasteiger partial charge is 0.336 e. The fraction of sp³-hybridized carbons (Fsp3) is 0.235. The van der Waals surface area contributed by atoms with Crippen LogP contribution in [0.3, 0.4) is 0 Å². The minimum absolute atomic E-state index is 0.00690. The molecule has 0 aliphatic rings. The Bertz CT molecular complexity index is 965. The number of hydrogen-bond acceptors (Lipinski definition) is 3. The van der Waals surface area contributed by atoms with Gasteiger partial charge in [-0.25, -0.2) is 28.1 Å². The van der Waals surface area contributed by atoms with E-state index in [9.17, 15) is 14.4 Å². The van der Waals surface area contributed by atoms with E-state index < -0.39 is 19.2 Å². The lowest BCUT2D eigenvalue weighted by atomic mass is 10.1. The molecule has 1 heterocycles. The Labute approximate surface area is 174 Å². The summed E-state index contributed by atoms with van der Waals surface area (Å²) in [5, 5.41) is 0. The van der Waals surface area contributed by atoms with Gasteiger partial charge in [-0.2, -0.15) is 0 Å². The molecule has 0 aliphatic carbocycles. The van der Waals surface area contributed by atoms with Gasteiger partial charge in [-0.05, 0) is 11.1 Å². The topological polar surface area (TPSA) is 66.0 Å². The van der Waals surface area contributed by atoms with Crippen LogP contribution in [0.1, 0.15) is 11.1 Å². The van der Waals surface area contributed by atoms with Gasteiger partial charge >= 0.3 is 17.1 Å². The van der Waals surface area contributed by atoms with Crippen LogP contribution >= 0.6 is 47.8 Å². The van der Waals surface area contributed by atoms with Crippen molar-refractivity contribution >= 4 is 47.8 Å². The zero-order valence-corrected chi connectivity index (χ0v) is 18.5. The van der Waals surface area contributed by atoms with Crippen molar-refractivity contribution in [3.8, 4) is 0 Å². The van der Waals surface area contributed by atoms with E-state index >= 15 is 0 Å². The first kappa shape index (κ1) is 20.9. The van der Waals surface area contributed by atoms with E-state index in [1.807, 2.05) is 18.2 Å². The number of rotatable bonds is 6. The smallest absolute Gasteiger partial charge is 0.247 e. The number of hydrogen-bond donors (Lipinski definition) is 0. The summed E-state index contributed by atoms with van der Waals surface area (Å²) < 4.78 is 2.28. The lowest BCUT2D eigenvalue weighted by Gasteiger charge is -2.18. The molecular weight excluding hydrogens is 534 g/mol. The van der Waals surface area contributed by atoms with E-state index in [0.29, 0.717) is 0 Å². The third-order valence-corrected chi connectivity index (χ3v) is 4.94. The van der Waals surface area contributed by atoms with Crippen molar-refractivity contribution in [3.63, 3.8) is 0 Å². The summed E-state index contributed by atoms with van der Waals surface area (Å²) in [6.45, 7) is 7.15. The fourth-order valence-corrected chi connectivity index (χ4v) is 3.65. The highest BCUT2D eigenvalue weighted by molar-refractivity contribution is 9.38. The number of halogens is 3. The van der Waals surface area contributed by atoms with Gasteiger partial charge in [0.1, 0.15) is 0 Å². The Morgan fingerprint density at radius 3 is 1.77 bits per heavy atom. The van der Waals surface area contributed by atoms with Crippen molar-refractivity contribution in [1.29, 1.82) is 0 Å². The number of allylic oxidation sites excluding steroid dienone is 2. The number of nitrogens with zero attached hydrogens (tertiary/aromatic N) is 3. The minimum atomic E-state index is -0.705. The van der Waals surface area contributed by atoms with Crippen LogP contribution in [0.5, 0.6) is 0 Å². The average molecular weight is 550 g/mol. The maximum Gasteiger partial charge on any atom is 0.336 e. The first-order chi connectivity index (χ1) is 12.2. The molecule has 26 heavy (non-hydrogen) atoms. The highest BCUT2D eigenvalue weighted by Gasteiger charge is 2.25. The number of benzene rings is 1. The monoisotopic (exact) mass is 547 g/mol. The van der Waals surface area contributed by atoms with E-state index in [1.54, 1.807) is 6.07 Å². The molecule has 0 aliphatic heterocycles. The Kier molecular flexibility index (Phi) is 6.81. The normalized spacial score (nSPS) is 11.3. The van der Waals surface area contributed by atoms with Crippen molar-refractivity contribution in [2.45, 2.75) is 21.8 Å².